The molecule has 0 heterocycles. The minimum absolute atomic E-state index is 0.0418. The van der Waals surface area contributed by atoms with Crippen LogP contribution in [0.2, 0.25) is 0 Å². The lowest BCUT2D eigenvalue weighted by Gasteiger charge is -2.33. The van der Waals surface area contributed by atoms with Crippen LogP contribution < -0.4 is 0 Å². The van der Waals surface area contributed by atoms with E-state index in [0.29, 0.717) is 4.47 Å². The summed E-state index contributed by atoms with van der Waals surface area (Å²) >= 11 is 3.29. The number of rotatable bonds is 9. The van der Waals surface area contributed by atoms with Crippen LogP contribution in [0.3, 0.4) is 0 Å². The lowest BCUT2D eigenvalue weighted by atomic mass is 9.92. The molecular formula is C28H22BrFO5S2. The molecule has 1 atom stereocenters. The lowest BCUT2D eigenvalue weighted by molar-refractivity contribution is 0.0960. The third-order valence-electron chi connectivity index (χ3n) is 5.99. The highest BCUT2D eigenvalue weighted by atomic mass is 79.9. The van der Waals surface area contributed by atoms with Crippen LogP contribution in [-0.2, 0) is 19.7 Å². The molecule has 0 saturated carbocycles. The van der Waals surface area contributed by atoms with E-state index in [-0.39, 0.29) is 11.1 Å². The Morgan fingerprint density at radius 2 is 1.16 bits per heavy atom. The number of benzene rings is 4. The van der Waals surface area contributed by atoms with Gasteiger partial charge < -0.3 is 0 Å². The topological polar surface area (TPSA) is 85.3 Å². The van der Waals surface area contributed by atoms with E-state index < -0.39 is 51.9 Å². The molecule has 190 valence electrons. The Bertz CT molecular complexity index is 1540. The molecule has 0 radical (unpaired) electrons. The van der Waals surface area contributed by atoms with Gasteiger partial charge in [-0.15, -0.1) is 0 Å². The number of sulfone groups is 2. The third kappa shape index (κ3) is 5.03. The molecule has 0 spiro atoms. The van der Waals surface area contributed by atoms with Crippen molar-refractivity contribution in [3.05, 3.63) is 131 Å². The minimum Gasteiger partial charge on any atom is -0.294 e. The van der Waals surface area contributed by atoms with E-state index in [4.69, 9.17) is 0 Å². The molecule has 4 aromatic carbocycles. The molecule has 0 fully saturated rings. The average molecular weight is 602 g/mol. The van der Waals surface area contributed by atoms with E-state index in [1.54, 1.807) is 24.3 Å². The lowest BCUT2D eigenvalue weighted by Crippen LogP contribution is -2.48. The molecule has 4 rings (SSSR count). The van der Waals surface area contributed by atoms with E-state index in [2.05, 4.69) is 15.9 Å². The summed E-state index contributed by atoms with van der Waals surface area (Å²) in [4.78, 5) is 12.3. The second kappa shape index (κ2) is 10.7. The van der Waals surface area contributed by atoms with Crippen LogP contribution >= 0.6 is 15.9 Å². The van der Waals surface area contributed by atoms with Crippen LogP contribution in [0.5, 0.6) is 0 Å². The van der Waals surface area contributed by atoms with Crippen molar-refractivity contribution in [1.29, 1.82) is 0 Å². The molecule has 0 aliphatic rings. The van der Waals surface area contributed by atoms with E-state index in [1.807, 2.05) is 0 Å². The number of alkyl halides is 1. The molecule has 37 heavy (non-hydrogen) atoms. The zero-order chi connectivity index (χ0) is 26.7. The van der Waals surface area contributed by atoms with Crippen molar-refractivity contribution < 1.29 is 26.0 Å². The molecule has 0 saturated heterocycles. The first-order valence-electron chi connectivity index (χ1n) is 11.2. The van der Waals surface area contributed by atoms with Gasteiger partial charge in [-0.3, -0.25) is 4.79 Å². The minimum atomic E-state index is -5.22. The van der Waals surface area contributed by atoms with Gasteiger partial charge in [0.15, 0.2) is 5.78 Å². The van der Waals surface area contributed by atoms with Gasteiger partial charge in [0.05, 0.1) is 15.7 Å². The monoisotopic (exact) mass is 600 g/mol. The molecule has 0 aliphatic heterocycles. The van der Waals surface area contributed by atoms with Crippen LogP contribution in [0.1, 0.15) is 28.3 Å². The highest BCUT2D eigenvalue weighted by Gasteiger charge is 2.63. The molecule has 4 aromatic rings. The average Bonchev–Trinajstić information content (AvgIpc) is 2.92. The number of hydrogen-bond donors (Lipinski definition) is 0. The van der Waals surface area contributed by atoms with Gasteiger partial charge in [-0.25, -0.2) is 21.2 Å². The van der Waals surface area contributed by atoms with Gasteiger partial charge in [-0.1, -0.05) is 94.8 Å². The number of halogens is 2. The molecule has 0 N–H and O–H groups in total. The van der Waals surface area contributed by atoms with Crippen molar-refractivity contribution in [2.45, 2.75) is 26.5 Å². The molecule has 0 aromatic heterocycles. The Hall–Kier alpha value is -3.14. The summed E-state index contributed by atoms with van der Waals surface area (Å²) in [5.74, 6) is -2.49. The summed E-state index contributed by atoms with van der Waals surface area (Å²) in [6, 6.07) is 27.1. The third-order valence-corrected chi connectivity index (χ3v) is 11.6. The van der Waals surface area contributed by atoms with E-state index in [1.165, 1.54) is 66.7 Å². The highest BCUT2D eigenvalue weighted by Crippen LogP contribution is 2.49. The normalized spacial score (nSPS) is 13.1. The molecule has 0 aliphatic carbocycles. The zero-order valence-corrected chi connectivity index (χ0v) is 22.6. The Labute approximate surface area is 224 Å². The van der Waals surface area contributed by atoms with Crippen molar-refractivity contribution in [3.8, 4) is 0 Å². The van der Waals surface area contributed by atoms with Crippen molar-refractivity contribution in [1.82, 2.24) is 0 Å². The maximum atomic E-state index is 17.7. The van der Waals surface area contributed by atoms with Gasteiger partial charge in [0.2, 0.25) is 19.7 Å². The van der Waals surface area contributed by atoms with E-state index >= 15 is 4.39 Å². The predicted octanol–water partition coefficient (Wildman–Crippen LogP) is 6.38. The first kappa shape index (κ1) is 26.9. The first-order chi connectivity index (χ1) is 17.6. The standard InChI is InChI=1S/C28H22BrFO5S2/c29-23-14-10-13-22(19-23)26(20-27(31)21-11-4-1-5-12-21)28(30,36(32,33)24-15-6-2-7-16-24)37(34,35)25-17-8-3-9-18-25/h1-19,26H,20H2. The van der Waals surface area contributed by atoms with Crippen LogP contribution in [0.25, 0.3) is 0 Å². The predicted molar refractivity (Wildman–Crippen MR) is 143 cm³/mol. The van der Waals surface area contributed by atoms with Gasteiger partial charge in [-0.05, 0) is 42.0 Å². The first-order valence-corrected chi connectivity index (χ1v) is 15.0. The highest BCUT2D eigenvalue weighted by molar-refractivity contribution is 9.10. The second-order valence-electron chi connectivity index (χ2n) is 8.32. The molecule has 0 bridgehead atoms. The number of carbonyl (C=O) groups is 1. The van der Waals surface area contributed by atoms with Crippen LogP contribution in [0.4, 0.5) is 4.39 Å². The molecule has 5 nitrogen and oxygen atoms in total. The largest absolute Gasteiger partial charge is 0.324 e. The summed E-state index contributed by atoms with van der Waals surface area (Å²) in [7, 11) is -10.4. The van der Waals surface area contributed by atoms with Crippen LogP contribution in [-0.4, -0.2) is 27.0 Å². The Morgan fingerprint density at radius 3 is 1.62 bits per heavy atom. The Balaban J connectivity index is 2.03. The zero-order valence-electron chi connectivity index (χ0n) is 19.4. The van der Waals surface area contributed by atoms with Crippen LogP contribution in [0, 0.1) is 0 Å². The van der Waals surface area contributed by atoms with Crippen molar-refractivity contribution in [2.75, 3.05) is 0 Å². The van der Waals surface area contributed by atoms with Gasteiger partial charge in [-0.2, -0.15) is 0 Å². The van der Waals surface area contributed by atoms with Crippen molar-refractivity contribution >= 4 is 41.4 Å². The van der Waals surface area contributed by atoms with Crippen molar-refractivity contribution in [2.24, 2.45) is 0 Å². The van der Waals surface area contributed by atoms with E-state index in [9.17, 15) is 21.6 Å². The number of carbonyl (C=O) groups excluding carboxylic acids is 1. The fourth-order valence-corrected chi connectivity index (χ4v) is 9.14. The number of hydrogen-bond acceptors (Lipinski definition) is 5. The van der Waals surface area contributed by atoms with Gasteiger partial charge >= 0.3 is 4.33 Å². The summed E-state index contributed by atoms with van der Waals surface area (Å²) in [5.41, 5.74) is 0.249. The SMILES string of the molecule is O=C(CC(c1cccc(Br)c1)C(F)(S(=O)(=O)c1ccccc1)S(=O)(=O)c1ccccc1)c1ccccc1. The van der Waals surface area contributed by atoms with Gasteiger partial charge in [0.1, 0.15) is 0 Å². The van der Waals surface area contributed by atoms with Gasteiger partial charge in [0.25, 0.3) is 0 Å². The van der Waals surface area contributed by atoms with Crippen molar-refractivity contribution in [3.63, 3.8) is 0 Å². The summed E-state index contributed by atoms with van der Waals surface area (Å²) in [5, 5.41) is 0. The number of ketones is 1. The van der Waals surface area contributed by atoms with E-state index in [0.717, 1.165) is 24.3 Å². The summed E-state index contributed by atoms with van der Waals surface area (Å²) in [6.45, 7) is 0. The molecule has 0 amide bonds. The quantitative estimate of drug-likeness (QED) is 0.208. The van der Waals surface area contributed by atoms with Gasteiger partial charge in [0, 0.05) is 16.5 Å². The fraction of sp³-hybridized carbons (Fsp3) is 0.107. The fourth-order valence-electron chi connectivity index (χ4n) is 4.13. The summed E-state index contributed by atoms with van der Waals surface area (Å²) in [6.07, 6.45) is -0.713. The Morgan fingerprint density at radius 1 is 0.703 bits per heavy atom. The smallest absolute Gasteiger partial charge is 0.294 e. The summed E-state index contributed by atoms with van der Waals surface area (Å²) < 4.78 is 70.3. The molecule has 1 unspecified atom stereocenters. The molecule has 9 heteroatoms. The Kier molecular flexibility index (Phi) is 7.77. The second-order valence-corrected chi connectivity index (χ2v) is 13.6. The van der Waals surface area contributed by atoms with Crippen LogP contribution in [0.15, 0.2) is 130 Å². The maximum Gasteiger partial charge on any atom is 0.324 e. The number of Topliss-reactive ketones (excluding diaryl/α,β-unsaturated/α-hetero) is 1. The molecular weight excluding hydrogens is 579 g/mol. The maximum absolute atomic E-state index is 17.7.